The summed E-state index contributed by atoms with van der Waals surface area (Å²) in [5, 5.41) is 9.54. The Hall–Kier alpha value is -2.24. The number of nitrogen functional groups attached to an aromatic ring is 1. The minimum atomic E-state index is -0.738. The Balaban J connectivity index is 3.25. The molecule has 1 aromatic carbocycles. The third-order valence-electron chi connectivity index (χ3n) is 2.19. The average Bonchev–Trinajstić information content (AvgIpc) is 2.28. The fourth-order valence-corrected chi connectivity index (χ4v) is 1.42. The number of aromatic hydroxyl groups is 1. The monoisotopic (exact) mass is 267 g/mol. The van der Waals surface area contributed by atoms with Crippen molar-refractivity contribution in [3.8, 4) is 5.75 Å². The molecule has 3 N–H and O–H groups in total. The van der Waals surface area contributed by atoms with Crippen LogP contribution in [0.15, 0.2) is 12.1 Å². The minimum absolute atomic E-state index is 0.0738. The van der Waals surface area contributed by atoms with E-state index >= 15 is 0 Å². The Kier molecular flexibility index (Phi) is 4.04. The fourth-order valence-electron chi connectivity index (χ4n) is 1.42. The molecule has 0 unspecified atom stereocenters. The van der Waals surface area contributed by atoms with Crippen LogP contribution in [0.2, 0.25) is 0 Å². The van der Waals surface area contributed by atoms with Crippen molar-refractivity contribution in [3.63, 3.8) is 0 Å². The van der Waals surface area contributed by atoms with Crippen molar-refractivity contribution in [3.05, 3.63) is 23.3 Å². The van der Waals surface area contributed by atoms with E-state index in [4.69, 9.17) is 10.5 Å². The van der Waals surface area contributed by atoms with Crippen molar-refractivity contribution in [2.75, 3.05) is 12.8 Å². The van der Waals surface area contributed by atoms with E-state index < -0.39 is 17.5 Å². The maximum Gasteiger partial charge on any atom is 0.340 e. The molecule has 0 radical (unpaired) electrons. The molecule has 0 heterocycles. The number of rotatable bonds is 2. The molecule has 0 atom stereocenters. The summed E-state index contributed by atoms with van der Waals surface area (Å²) >= 11 is 0. The standard InChI is InChI=1S/C13H17NO5/c1-13(2,3)19-12(17)9-6-7(15)5-8(10(9)14)11(16)18-4/h5-6,15H,14H2,1-4H3. The summed E-state index contributed by atoms with van der Waals surface area (Å²) < 4.78 is 9.67. The summed E-state index contributed by atoms with van der Waals surface area (Å²) in [5.74, 6) is -1.72. The van der Waals surface area contributed by atoms with E-state index in [2.05, 4.69) is 4.74 Å². The van der Waals surface area contributed by atoms with Crippen LogP contribution in [0, 0.1) is 0 Å². The van der Waals surface area contributed by atoms with Gasteiger partial charge in [-0.3, -0.25) is 0 Å². The van der Waals surface area contributed by atoms with E-state index in [1.54, 1.807) is 20.8 Å². The first-order valence-corrected chi connectivity index (χ1v) is 5.60. The highest BCUT2D eigenvalue weighted by atomic mass is 16.6. The lowest BCUT2D eigenvalue weighted by atomic mass is 10.1. The maximum atomic E-state index is 11.9. The van der Waals surface area contributed by atoms with Gasteiger partial charge in [-0.25, -0.2) is 9.59 Å². The van der Waals surface area contributed by atoms with Gasteiger partial charge in [0.15, 0.2) is 0 Å². The molecular weight excluding hydrogens is 250 g/mol. The van der Waals surface area contributed by atoms with Gasteiger partial charge in [-0.1, -0.05) is 0 Å². The quantitative estimate of drug-likeness (QED) is 0.481. The number of carbonyl (C=O) groups is 2. The summed E-state index contributed by atoms with van der Waals surface area (Å²) in [6.07, 6.45) is 0. The van der Waals surface area contributed by atoms with Gasteiger partial charge >= 0.3 is 11.9 Å². The molecule has 0 aliphatic carbocycles. The zero-order chi connectivity index (χ0) is 14.8. The number of benzene rings is 1. The van der Waals surface area contributed by atoms with Crippen molar-refractivity contribution in [1.29, 1.82) is 0 Å². The highest BCUT2D eigenvalue weighted by molar-refractivity contribution is 6.04. The molecule has 1 aromatic rings. The third-order valence-corrected chi connectivity index (χ3v) is 2.19. The van der Waals surface area contributed by atoms with E-state index in [-0.39, 0.29) is 22.6 Å². The molecule has 1 rings (SSSR count). The third kappa shape index (κ3) is 3.61. The van der Waals surface area contributed by atoms with Gasteiger partial charge in [-0.15, -0.1) is 0 Å². The van der Waals surface area contributed by atoms with Crippen molar-refractivity contribution in [2.24, 2.45) is 0 Å². The zero-order valence-corrected chi connectivity index (χ0v) is 11.3. The Morgan fingerprint density at radius 3 is 2.05 bits per heavy atom. The molecule has 0 spiro atoms. The van der Waals surface area contributed by atoms with Gasteiger partial charge in [0.25, 0.3) is 0 Å². The van der Waals surface area contributed by atoms with Gasteiger partial charge in [0.05, 0.1) is 23.9 Å². The number of ether oxygens (including phenoxy) is 2. The summed E-state index contributed by atoms with van der Waals surface area (Å²) in [5.41, 5.74) is 4.79. The molecule has 0 amide bonds. The largest absolute Gasteiger partial charge is 0.508 e. The van der Waals surface area contributed by atoms with E-state index in [9.17, 15) is 14.7 Å². The Morgan fingerprint density at radius 1 is 1.16 bits per heavy atom. The first-order chi connectivity index (χ1) is 8.65. The van der Waals surface area contributed by atoms with E-state index in [0.717, 1.165) is 12.1 Å². The van der Waals surface area contributed by atoms with Gasteiger partial charge in [0.1, 0.15) is 11.4 Å². The van der Waals surface area contributed by atoms with Gasteiger partial charge in [0, 0.05) is 0 Å². The lowest BCUT2D eigenvalue weighted by Crippen LogP contribution is -2.25. The second-order valence-corrected chi connectivity index (χ2v) is 4.95. The minimum Gasteiger partial charge on any atom is -0.508 e. The second kappa shape index (κ2) is 5.17. The van der Waals surface area contributed by atoms with Gasteiger partial charge in [-0.05, 0) is 32.9 Å². The highest BCUT2D eigenvalue weighted by Crippen LogP contribution is 2.26. The van der Waals surface area contributed by atoms with Crippen LogP contribution >= 0.6 is 0 Å². The number of phenolic OH excluding ortho intramolecular Hbond substituents is 1. The van der Waals surface area contributed by atoms with Crippen molar-refractivity contribution in [2.45, 2.75) is 26.4 Å². The smallest absolute Gasteiger partial charge is 0.340 e. The Labute approximate surface area is 111 Å². The predicted octanol–water partition coefficient (Wildman–Crippen LogP) is 1.72. The number of carbonyl (C=O) groups excluding carboxylic acids is 2. The molecule has 0 bridgehead atoms. The number of hydrogen-bond acceptors (Lipinski definition) is 6. The summed E-state index contributed by atoms with van der Waals surface area (Å²) in [4.78, 5) is 23.4. The van der Waals surface area contributed by atoms with Crippen LogP contribution in [0.3, 0.4) is 0 Å². The second-order valence-electron chi connectivity index (χ2n) is 4.95. The molecule has 19 heavy (non-hydrogen) atoms. The van der Waals surface area contributed by atoms with Crippen LogP contribution in [-0.2, 0) is 9.47 Å². The van der Waals surface area contributed by atoms with Crippen LogP contribution < -0.4 is 5.73 Å². The molecule has 0 fully saturated rings. The van der Waals surface area contributed by atoms with Crippen LogP contribution in [0.5, 0.6) is 5.75 Å². The topological polar surface area (TPSA) is 98.8 Å². The molecule has 0 aliphatic heterocycles. The van der Waals surface area contributed by atoms with Crippen LogP contribution in [0.25, 0.3) is 0 Å². The van der Waals surface area contributed by atoms with Crippen LogP contribution in [-0.4, -0.2) is 29.8 Å². The van der Waals surface area contributed by atoms with Gasteiger partial charge in [-0.2, -0.15) is 0 Å². The SMILES string of the molecule is COC(=O)c1cc(O)cc(C(=O)OC(C)(C)C)c1N. The maximum absolute atomic E-state index is 11.9. The molecule has 6 nitrogen and oxygen atoms in total. The fraction of sp³-hybridized carbons (Fsp3) is 0.385. The number of methoxy groups -OCH3 is 1. The lowest BCUT2D eigenvalue weighted by molar-refractivity contribution is 0.00704. The van der Waals surface area contributed by atoms with Crippen molar-refractivity contribution >= 4 is 17.6 Å². The molecular formula is C13H17NO5. The molecule has 104 valence electrons. The normalized spacial score (nSPS) is 10.9. The first-order valence-electron chi connectivity index (χ1n) is 5.60. The molecule has 0 aromatic heterocycles. The first kappa shape index (κ1) is 14.8. The Bertz CT molecular complexity index is 517. The number of nitrogens with two attached hydrogens (primary N) is 1. The summed E-state index contributed by atoms with van der Waals surface area (Å²) in [6, 6.07) is 2.28. The number of phenols is 1. The van der Waals surface area contributed by atoms with Gasteiger partial charge in [0.2, 0.25) is 0 Å². The van der Waals surface area contributed by atoms with Crippen molar-refractivity contribution in [1.82, 2.24) is 0 Å². The molecule has 0 aliphatic rings. The number of hydrogen-bond donors (Lipinski definition) is 2. The highest BCUT2D eigenvalue weighted by Gasteiger charge is 2.24. The van der Waals surface area contributed by atoms with Crippen molar-refractivity contribution < 1.29 is 24.2 Å². The average molecular weight is 267 g/mol. The summed E-state index contributed by atoms with van der Waals surface area (Å²) in [7, 11) is 1.18. The Morgan fingerprint density at radius 2 is 1.63 bits per heavy atom. The zero-order valence-electron chi connectivity index (χ0n) is 11.3. The number of esters is 2. The van der Waals surface area contributed by atoms with E-state index in [1.165, 1.54) is 7.11 Å². The predicted molar refractivity (Wildman–Crippen MR) is 69.0 cm³/mol. The number of anilines is 1. The van der Waals surface area contributed by atoms with Crippen LogP contribution in [0.1, 0.15) is 41.5 Å². The lowest BCUT2D eigenvalue weighted by Gasteiger charge is -2.20. The molecule has 0 saturated heterocycles. The van der Waals surface area contributed by atoms with E-state index in [1.807, 2.05) is 0 Å². The van der Waals surface area contributed by atoms with Crippen LogP contribution in [0.4, 0.5) is 5.69 Å². The van der Waals surface area contributed by atoms with E-state index in [0.29, 0.717) is 0 Å². The summed E-state index contributed by atoms with van der Waals surface area (Å²) in [6.45, 7) is 5.10. The molecule has 6 heteroatoms. The molecule has 0 saturated carbocycles. The van der Waals surface area contributed by atoms with Gasteiger partial charge < -0.3 is 20.3 Å².